The number of ether oxygens (including phenoxy) is 1. The third-order valence-corrected chi connectivity index (χ3v) is 2.68. The van der Waals surface area contributed by atoms with Crippen molar-refractivity contribution in [1.29, 1.82) is 0 Å². The van der Waals surface area contributed by atoms with Gasteiger partial charge < -0.3 is 4.74 Å². The average molecular weight is 218 g/mol. The number of aromatic nitrogens is 2. The third kappa shape index (κ3) is 2.27. The number of carbonyl (C=O) groups is 1. The Morgan fingerprint density at radius 2 is 2.19 bits per heavy atom. The molecule has 0 bridgehead atoms. The Hall–Kier alpha value is -1.71. The maximum atomic E-state index is 11.2. The molecule has 0 saturated heterocycles. The summed E-state index contributed by atoms with van der Waals surface area (Å²) >= 11 is 0. The lowest BCUT2D eigenvalue weighted by Crippen LogP contribution is -2.06. The predicted octanol–water partition coefficient (Wildman–Crippen LogP) is 2.22. The average Bonchev–Trinajstić information content (AvgIpc) is 2.39. The predicted molar refractivity (Wildman–Crippen MR) is 59.8 cm³/mol. The molecule has 16 heavy (non-hydrogen) atoms. The molecule has 84 valence electrons. The minimum absolute atomic E-state index is 0.252. The highest BCUT2D eigenvalue weighted by atomic mass is 16.5. The molecule has 1 heterocycles. The molecule has 0 unspecified atom stereocenters. The number of hydrogen-bond acceptors (Lipinski definition) is 4. The van der Waals surface area contributed by atoms with Gasteiger partial charge in [0, 0.05) is 0 Å². The zero-order chi connectivity index (χ0) is 11.4. The molecule has 0 radical (unpaired) electrons. The molecule has 2 rings (SSSR count). The van der Waals surface area contributed by atoms with Gasteiger partial charge in [-0.25, -0.2) is 4.79 Å². The monoisotopic (exact) mass is 218 g/mol. The topological polar surface area (TPSA) is 52.1 Å². The molecule has 0 fully saturated rings. The van der Waals surface area contributed by atoms with Crippen molar-refractivity contribution in [2.75, 3.05) is 7.11 Å². The molecule has 0 aliphatic heterocycles. The summed E-state index contributed by atoms with van der Waals surface area (Å²) in [5, 5.41) is 7.91. The zero-order valence-electron chi connectivity index (χ0n) is 9.27. The van der Waals surface area contributed by atoms with E-state index in [1.54, 1.807) is 6.07 Å². The first-order valence-electron chi connectivity index (χ1n) is 5.42. The highest BCUT2D eigenvalue weighted by Gasteiger charge is 2.11. The molecule has 0 atom stereocenters. The van der Waals surface area contributed by atoms with Gasteiger partial charge in [-0.1, -0.05) is 6.08 Å². The fourth-order valence-electron chi connectivity index (χ4n) is 1.79. The maximum absolute atomic E-state index is 11.2. The largest absolute Gasteiger partial charge is 0.464 e. The van der Waals surface area contributed by atoms with Gasteiger partial charge in [0.1, 0.15) is 0 Å². The Labute approximate surface area is 94.3 Å². The molecule has 1 aromatic rings. The van der Waals surface area contributed by atoms with Gasteiger partial charge in [0.2, 0.25) is 0 Å². The van der Waals surface area contributed by atoms with Crippen molar-refractivity contribution in [3.8, 4) is 0 Å². The van der Waals surface area contributed by atoms with Crippen LogP contribution < -0.4 is 0 Å². The van der Waals surface area contributed by atoms with Gasteiger partial charge in [-0.05, 0) is 43.4 Å². The van der Waals surface area contributed by atoms with Crippen LogP contribution in [0.15, 0.2) is 18.2 Å². The molecule has 4 heteroatoms. The van der Waals surface area contributed by atoms with E-state index < -0.39 is 5.97 Å². The van der Waals surface area contributed by atoms with E-state index >= 15 is 0 Å². The SMILES string of the molecule is COC(=O)c1ccc(C2=CCCCC2)nn1. The third-order valence-electron chi connectivity index (χ3n) is 2.68. The van der Waals surface area contributed by atoms with Crippen molar-refractivity contribution < 1.29 is 9.53 Å². The van der Waals surface area contributed by atoms with Crippen LogP contribution in [0.2, 0.25) is 0 Å². The van der Waals surface area contributed by atoms with E-state index in [2.05, 4.69) is 21.0 Å². The normalized spacial score (nSPS) is 15.4. The Morgan fingerprint density at radius 1 is 1.31 bits per heavy atom. The van der Waals surface area contributed by atoms with Gasteiger partial charge in [0.05, 0.1) is 12.8 Å². The summed E-state index contributed by atoms with van der Waals surface area (Å²) in [7, 11) is 1.33. The molecule has 1 aliphatic carbocycles. The van der Waals surface area contributed by atoms with Gasteiger partial charge in [0.15, 0.2) is 5.69 Å². The van der Waals surface area contributed by atoms with Crippen LogP contribution in [-0.2, 0) is 4.74 Å². The second-order valence-electron chi connectivity index (χ2n) is 3.77. The number of carbonyl (C=O) groups excluding carboxylic acids is 1. The quantitative estimate of drug-likeness (QED) is 0.714. The Bertz CT molecular complexity index is 410. The lowest BCUT2D eigenvalue weighted by Gasteiger charge is -2.11. The van der Waals surface area contributed by atoms with Crippen molar-refractivity contribution >= 4 is 11.5 Å². The van der Waals surface area contributed by atoms with Crippen molar-refractivity contribution in [3.05, 3.63) is 29.6 Å². The number of nitrogens with zero attached hydrogens (tertiary/aromatic N) is 2. The van der Waals surface area contributed by atoms with Gasteiger partial charge >= 0.3 is 5.97 Å². The molecular weight excluding hydrogens is 204 g/mol. The van der Waals surface area contributed by atoms with E-state index in [0.29, 0.717) is 0 Å². The van der Waals surface area contributed by atoms with Crippen molar-refractivity contribution in [2.24, 2.45) is 0 Å². The fourth-order valence-corrected chi connectivity index (χ4v) is 1.79. The lowest BCUT2D eigenvalue weighted by molar-refractivity contribution is 0.0592. The van der Waals surface area contributed by atoms with E-state index in [1.807, 2.05) is 6.07 Å². The number of esters is 1. The number of rotatable bonds is 2. The van der Waals surface area contributed by atoms with Crippen LogP contribution in [0.3, 0.4) is 0 Å². The molecule has 0 aromatic carbocycles. The molecule has 1 aromatic heterocycles. The molecule has 4 nitrogen and oxygen atoms in total. The minimum atomic E-state index is -0.448. The van der Waals surface area contributed by atoms with Crippen LogP contribution in [0, 0.1) is 0 Å². The first kappa shape index (κ1) is 10.8. The van der Waals surface area contributed by atoms with Crippen LogP contribution in [0.25, 0.3) is 5.57 Å². The van der Waals surface area contributed by atoms with E-state index in [9.17, 15) is 4.79 Å². The number of allylic oxidation sites excluding steroid dienone is 2. The smallest absolute Gasteiger partial charge is 0.358 e. The highest BCUT2D eigenvalue weighted by Crippen LogP contribution is 2.24. The van der Waals surface area contributed by atoms with E-state index in [1.165, 1.54) is 25.5 Å². The molecule has 0 amide bonds. The van der Waals surface area contributed by atoms with Crippen LogP contribution in [0.4, 0.5) is 0 Å². The molecular formula is C12H14N2O2. The van der Waals surface area contributed by atoms with Crippen LogP contribution in [0.5, 0.6) is 0 Å². The first-order chi connectivity index (χ1) is 7.81. The van der Waals surface area contributed by atoms with Gasteiger partial charge in [0.25, 0.3) is 0 Å². The Kier molecular flexibility index (Phi) is 3.29. The second-order valence-corrected chi connectivity index (χ2v) is 3.77. The fraction of sp³-hybridized carbons (Fsp3) is 0.417. The summed E-state index contributed by atoms with van der Waals surface area (Å²) < 4.78 is 4.57. The van der Waals surface area contributed by atoms with Crippen molar-refractivity contribution in [3.63, 3.8) is 0 Å². The zero-order valence-corrected chi connectivity index (χ0v) is 9.27. The molecule has 0 saturated carbocycles. The molecule has 0 spiro atoms. The van der Waals surface area contributed by atoms with Gasteiger partial charge in [-0.15, -0.1) is 5.10 Å². The molecule has 1 aliphatic rings. The molecule has 0 N–H and O–H groups in total. The summed E-state index contributed by atoms with van der Waals surface area (Å²) in [6, 6.07) is 3.49. The van der Waals surface area contributed by atoms with E-state index in [0.717, 1.165) is 18.5 Å². The Balaban J connectivity index is 2.18. The van der Waals surface area contributed by atoms with Crippen molar-refractivity contribution in [2.45, 2.75) is 25.7 Å². The van der Waals surface area contributed by atoms with E-state index in [-0.39, 0.29) is 5.69 Å². The number of hydrogen-bond donors (Lipinski definition) is 0. The standard InChI is InChI=1S/C12H14N2O2/c1-16-12(15)11-8-7-10(13-14-11)9-5-3-2-4-6-9/h5,7-8H,2-4,6H2,1H3. The minimum Gasteiger partial charge on any atom is -0.464 e. The summed E-state index contributed by atoms with van der Waals surface area (Å²) in [4.78, 5) is 11.2. The summed E-state index contributed by atoms with van der Waals surface area (Å²) in [6.07, 6.45) is 6.80. The maximum Gasteiger partial charge on any atom is 0.358 e. The van der Waals surface area contributed by atoms with Gasteiger partial charge in [-0.2, -0.15) is 5.10 Å². The second kappa shape index (κ2) is 4.88. The van der Waals surface area contributed by atoms with Crippen LogP contribution in [-0.4, -0.2) is 23.3 Å². The van der Waals surface area contributed by atoms with Gasteiger partial charge in [-0.3, -0.25) is 0 Å². The summed E-state index contributed by atoms with van der Waals surface area (Å²) in [6.45, 7) is 0. The summed E-state index contributed by atoms with van der Waals surface area (Å²) in [5.74, 6) is -0.448. The first-order valence-corrected chi connectivity index (χ1v) is 5.42. The van der Waals surface area contributed by atoms with Crippen LogP contribution in [0.1, 0.15) is 41.9 Å². The van der Waals surface area contributed by atoms with E-state index in [4.69, 9.17) is 0 Å². The van der Waals surface area contributed by atoms with Crippen molar-refractivity contribution in [1.82, 2.24) is 10.2 Å². The Morgan fingerprint density at radius 3 is 2.75 bits per heavy atom. The number of methoxy groups -OCH3 is 1. The van der Waals surface area contributed by atoms with Crippen LogP contribution >= 0.6 is 0 Å². The lowest BCUT2D eigenvalue weighted by atomic mass is 9.97. The highest BCUT2D eigenvalue weighted by molar-refractivity contribution is 5.87. The summed E-state index contributed by atoms with van der Waals surface area (Å²) in [5.41, 5.74) is 2.35.